The first-order valence-corrected chi connectivity index (χ1v) is 10.3. The molecule has 0 radical (unpaired) electrons. The summed E-state index contributed by atoms with van der Waals surface area (Å²) in [5.74, 6) is 0.383. The minimum atomic E-state index is -0.363. The molecule has 26 heavy (non-hydrogen) atoms. The molecule has 2 amide bonds. The summed E-state index contributed by atoms with van der Waals surface area (Å²) in [6.07, 6.45) is 2.97. The Morgan fingerprint density at radius 1 is 1.27 bits per heavy atom. The Balaban J connectivity index is 1.36. The van der Waals surface area contributed by atoms with Crippen molar-refractivity contribution in [1.29, 1.82) is 0 Å². The number of nitrogens with zero attached hydrogens (tertiary/aromatic N) is 4. The van der Waals surface area contributed by atoms with Crippen LogP contribution in [0.15, 0.2) is 10.9 Å². The van der Waals surface area contributed by atoms with Crippen molar-refractivity contribution in [1.82, 2.24) is 19.7 Å². The van der Waals surface area contributed by atoms with Crippen molar-refractivity contribution < 1.29 is 14.3 Å². The molecule has 4 heterocycles. The van der Waals surface area contributed by atoms with E-state index in [0.717, 1.165) is 44.6 Å². The van der Waals surface area contributed by atoms with Crippen LogP contribution in [0.4, 0.5) is 0 Å². The zero-order valence-corrected chi connectivity index (χ0v) is 16.0. The van der Waals surface area contributed by atoms with Gasteiger partial charge >= 0.3 is 0 Å². The molecule has 8 heteroatoms. The van der Waals surface area contributed by atoms with Crippen LogP contribution in [0.1, 0.15) is 31.4 Å². The van der Waals surface area contributed by atoms with E-state index in [1.165, 1.54) is 0 Å². The first-order chi connectivity index (χ1) is 12.6. The van der Waals surface area contributed by atoms with Crippen molar-refractivity contribution in [3.63, 3.8) is 0 Å². The van der Waals surface area contributed by atoms with Crippen molar-refractivity contribution in [2.24, 2.45) is 0 Å². The van der Waals surface area contributed by atoms with E-state index >= 15 is 0 Å². The molecule has 1 atom stereocenters. The van der Waals surface area contributed by atoms with E-state index in [2.05, 4.69) is 9.88 Å². The van der Waals surface area contributed by atoms with Gasteiger partial charge in [0.2, 0.25) is 11.8 Å². The van der Waals surface area contributed by atoms with Crippen LogP contribution in [0.3, 0.4) is 0 Å². The third kappa shape index (κ3) is 3.50. The van der Waals surface area contributed by atoms with Gasteiger partial charge < -0.3 is 14.5 Å². The molecule has 0 bridgehead atoms. The molecule has 0 saturated carbocycles. The highest BCUT2D eigenvalue weighted by Crippen LogP contribution is 2.34. The lowest BCUT2D eigenvalue weighted by atomic mass is 9.86. The van der Waals surface area contributed by atoms with E-state index in [9.17, 15) is 9.59 Å². The number of carbonyl (C=O) groups is 2. The first kappa shape index (κ1) is 17.9. The molecule has 1 unspecified atom stereocenters. The molecular weight excluding hydrogens is 352 g/mol. The van der Waals surface area contributed by atoms with Crippen LogP contribution < -0.4 is 0 Å². The lowest BCUT2D eigenvalue weighted by Crippen LogP contribution is -2.52. The molecule has 1 aromatic heterocycles. The van der Waals surface area contributed by atoms with Gasteiger partial charge in [-0.15, -0.1) is 11.3 Å². The topological polar surface area (TPSA) is 66.0 Å². The maximum atomic E-state index is 12.8. The van der Waals surface area contributed by atoms with Gasteiger partial charge in [-0.3, -0.25) is 14.5 Å². The summed E-state index contributed by atoms with van der Waals surface area (Å²) in [7, 11) is 1.87. The molecule has 3 aliphatic rings. The Labute approximate surface area is 157 Å². The van der Waals surface area contributed by atoms with Crippen LogP contribution in [0, 0.1) is 0 Å². The fraction of sp³-hybridized carbons (Fsp3) is 0.722. The summed E-state index contributed by atoms with van der Waals surface area (Å²) < 4.78 is 6.21. The largest absolute Gasteiger partial charge is 0.373 e. The summed E-state index contributed by atoms with van der Waals surface area (Å²) in [6.45, 7) is 4.24. The Bertz CT molecular complexity index is 657. The summed E-state index contributed by atoms with van der Waals surface area (Å²) in [4.78, 5) is 35.3. The summed E-state index contributed by atoms with van der Waals surface area (Å²) in [5.41, 5.74) is 2.38. The van der Waals surface area contributed by atoms with Crippen LogP contribution in [0.25, 0.3) is 0 Å². The average molecular weight is 378 g/mol. The van der Waals surface area contributed by atoms with Gasteiger partial charge in [0.25, 0.3) is 0 Å². The second-order valence-corrected chi connectivity index (χ2v) is 8.32. The summed E-state index contributed by atoms with van der Waals surface area (Å²) >= 11 is 1.55. The van der Waals surface area contributed by atoms with E-state index in [1.54, 1.807) is 16.8 Å². The third-order valence-electron chi connectivity index (χ3n) is 5.98. The predicted molar refractivity (Wildman–Crippen MR) is 97.7 cm³/mol. The number of thiazole rings is 1. The first-order valence-electron chi connectivity index (χ1n) is 9.34. The van der Waals surface area contributed by atoms with Crippen LogP contribution in [-0.2, 0) is 20.9 Å². The van der Waals surface area contributed by atoms with Gasteiger partial charge in [-0.25, -0.2) is 4.98 Å². The molecule has 0 N–H and O–H groups in total. The number of amides is 2. The fourth-order valence-corrected chi connectivity index (χ4v) is 4.87. The Hall–Kier alpha value is -1.51. The minimum absolute atomic E-state index is 0.0139. The highest BCUT2D eigenvalue weighted by atomic mass is 32.1. The number of likely N-dealkylation sites (tertiary alicyclic amines) is 2. The number of hydrogen-bond donors (Lipinski definition) is 0. The van der Waals surface area contributed by atoms with Crippen LogP contribution in [-0.4, -0.2) is 83.0 Å². The van der Waals surface area contributed by atoms with E-state index in [-0.39, 0.29) is 23.5 Å². The highest BCUT2D eigenvalue weighted by molar-refractivity contribution is 7.07. The smallest absolute Gasteiger partial charge is 0.239 e. The van der Waals surface area contributed by atoms with Gasteiger partial charge in [0.15, 0.2) is 0 Å². The molecule has 0 aliphatic carbocycles. The third-order valence-corrected chi connectivity index (χ3v) is 6.62. The van der Waals surface area contributed by atoms with Crippen molar-refractivity contribution in [3.8, 4) is 0 Å². The maximum absolute atomic E-state index is 12.8. The van der Waals surface area contributed by atoms with E-state index < -0.39 is 0 Å². The Morgan fingerprint density at radius 3 is 2.73 bits per heavy atom. The molecule has 3 saturated heterocycles. The minimum Gasteiger partial charge on any atom is -0.373 e. The maximum Gasteiger partial charge on any atom is 0.239 e. The standard InChI is InChI=1S/C18H26N4O3S/c1-20-5-2-15(17(20)24)21-6-3-18(4-7-21)10-16(23)22(8-9-25-18)11-14-12-26-13-19-14/h12-13,15H,2-11H2,1H3. The molecule has 3 fully saturated rings. The fourth-order valence-electron chi connectivity index (χ4n) is 4.32. The number of ether oxygens (including phenoxy) is 1. The number of rotatable bonds is 3. The van der Waals surface area contributed by atoms with E-state index in [1.807, 2.05) is 22.2 Å². The van der Waals surface area contributed by atoms with E-state index in [4.69, 9.17) is 4.74 Å². The number of carbonyl (C=O) groups excluding carboxylic acids is 2. The van der Waals surface area contributed by atoms with Crippen molar-refractivity contribution >= 4 is 23.2 Å². The van der Waals surface area contributed by atoms with Crippen molar-refractivity contribution in [2.45, 2.75) is 43.9 Å². The zero-order valence-electron chi connectivity index (χ0n) is 15.2. The predicted octanol–water partition coefficient (Wildman–Crippen LogP) is 0.957. The lowest BCUT2D eigenvalue weighted by Gasteiger charge is -2.42. The Kier molecular flexibility index (Phi) is 4.98. The second-order valence-electron chi connectivity index (χ2n) is 7.60. The molecule has 1 spiro atoms. The monoisotopic (exact) mass is 378 g/mol. The molecule has 1 aromatic rings. The van der Waals surface area contributed by atoms with Crippen LogP contribution in [0.2, 0.25) is 0 Å². The van der Waals surface area contributed by atoms with Crippen molar-refractivity contribution in [3.05, 3.63) is 16.6 Å². The SMILES string of the molecule is CN1CCC(N2CCC3(CC2)CC(=O)N(Cc2cscn2)CCO3)C1=O. The van der Waals surface area contributed by atoms with Crippen molar-refractivity contribution in [2.75, 3.05) is 39.8 Å². The van der Waals surface area contributed by atoms with Crippen LogP contribution in [0.5, 0.6) is 0 Å². The molecule has 0 aromatic carbocycles. The highest BCUT2D eigenvalue weighted by Gasteiger charge is 2.44. The van der Waals surface area contributed by atoms with Gasteiger partial charge in [0.05, 0.1) is 42.4 Å². The summed E-state index contributed by atoms with van der Waals surface area (Å²) in [5, 5.41) is 1.99. The average Bonchev–Trinajstić information content (AvgIpc) is 3.22. The lowest BCUT2D eigenvalue weighted by molar-refractivity contribution is -0.139. The molecule has 7 nitrogen and oxygen atoms in total. The van der Waals surface area contributed by atoms with Crippen LogP contribution >= 0.6 is 11.3 Å². The molecule has 142 valence electrons. The Morgan fingerprint density at radius 2 is 2.08 bits per heavy atom. The van der Waals surface area contributed by atoms with Gasteiger partial charge in [0, 0.05) is 38.6 Å². The number of piperidine rings is 1. The molecule has 3 aliphatic heterocycles. The van der Waals surface area contributed by atoms with Gasteiger partial charge in [-0.2, -0.15) is 0 Å². The zero-order chi connectivity index (χ0) is 18.1. The van der Waals surface area contributed by atoms with E-state index in [0.29, 0.717) is 26.1 Å². The molecule has 4 rings (SSSR count). The normalized spacial score (nSPS) is 27.3. The number of hydrogen-bond acceptors (Lipinski definition) is 6. The summed E-state index contributed by atoms with van der Waals surface area (Å²) in [6, 6.07) is 0.0139. The number of aromatic nitrogens is 1. The second kappa shape index (κ2) is 7.25. The quantitative estimate of drug-likeness (QED) is 0.784. The number of likely N-dealkylation sites (N-methyl/N-ethyl adjacent to an activating group) is 1. The molecular formula is C18H26N4O3S. The van der Waals surface area contributed by atoms with Gasteiger partial charge in [-0.1, -0.05) is 0 Å². The van der Waals surface area contributed by atoms with Gasteiger partial charge in [-0.05, 0) is 19.3 Å². The van der Waals surface area contributed by atoms with Gasteiger partial charge in [0.1, 0.15) is 0 Å².